The van der Waals surface area contributed by atoms with Crippen LogP contribution in [0, 0.1) is 0 Å². The van der Waals surface area contributed by atoms with Crippen molar-refractivity contribution in [3.8, 4) is 0 Å². The van der Waals surface area contributed by atoms with E-state index in [-0.39, 0.29) is 12.2 Å². The molecule has 0 radical (unpaired) electrons. The second-order valence-electron chi connectivity index (χ2n) is 3.03. The van der Waals surface area contributed by atoms with E-state index in [1.54, 1.807) is 6.07 Å². The third-order valence-electron chi connectivity index (χ3n) is 1.85. The van der Waals surface area contributed by atoms with Gasteiger partial charge in [-0.2, -0.15) is 13.2 Å². The number of hydrogen-bond donors (Lipinski definition) is 1. The minimum Gasteiger partial charge on any atom is -0.252 e. The Morgan fingerprint density at radius 2 is 2.00 bits per heavy atom. The first-order valence-electron chi connectivity index (χ1n) is 4.18. The Balaban J connectivity index is 2.79. The van der Waals surface area contributed by atoms with Crippen LogP contribution in [0.4, 0.5) is 13.2 Å². The standard InChI is InChI=1S/C9H10F3NOS/c10-9(11,12)8-3-1-2-7(6-8)4-5-15(13)14/h1-3,6H,4-5,13H2/t15-/m1/s1. The average Bonchev–Trinajstić information content (AvgIpc) is 2.14. The highest BCUT2D eigenvalue weighted by Crippen LogP contribution is 2.29. The van der Waals surface area contributed by atoms with Gasteiger partial charge in [-0.1, -0.05) is 18.2 Å². The molecule has 0 saturated carbocycles. The normalized spacial score (nSPS) is 13.9. The molecule has 0 bridgehead atoms. The van der Waals surface area contributed by atoms with Crippen LogP contribution in [0.25, 0.3) is 0 Å². The van der Waals surface area contributed by atoms with Gasteiger partial charge < -0.3 is 0 Å². The molecule has 0 heterocycles. The van der Waals surface area contributed by atoms with Crippen LogP contribution in [0.1, 0.15) is 11.1 Å². The lowest BCUT2D eigenvalue weighted by Gasteiger charge is -2.07. The fourth-order valence-electron chi connectivity index (χ4n) is 1.12. The maximum absolute atomic E-state index is 12.3. The molecule has 0 aliphatic carbocycles. The van der Waals surface area contributed by atoms with Crippen LogP contribution in [0.15, 0.2) is 24.3 Å². The smallest absolute Gasteiger partial charge is 0.252 e. The Morgan fingerprint density at radius 1 is 1.33 bits per heavy atom. The van der Waals surface area contributed by atoms with Crippen LogP contribution in [-0.4, -0.2) is 9.96 Å². The molecule has 0 saturated heterocycles. The highest BCUT2D eigenvalue weighted by atomic mass is 32.2. The van der Waals surface area contributed by atoms with Crippen molar-refractivity contribution >= 4 is 11.0 Å². The Hall–Kier alpha value is -0.880. The van der Waals surface area contributed by atoms with Crippen molar-refractivity contribution in [1.29, 1.82) is 0 Å². The lowest BCUT2D eigenvalue weighted by Crippen LogP contribution is -2.10. The first-order valence-corrected chi connectivity index (χ1v) is 5.56. The predicted octanol–water partition coefficient (Wildman–Crippen LogP) is 1.87. The SMILES string of the molecule is N[S@](=O)CCc1cccc(C(F)(F)F)c1. The molecule has 1 rings (SSSR count). The summed E-state index contributed by atoms with van der Waals surface area (Å²) in [5.74, 6) is 0.168. The monoisotopic (exact) mass is 237 g/mol. The summed E-state index contributed by atoms with van der Waals surface area (Å²) >= 11 is 0. The van der Waals surface area contributed by atoms with Crippen molar-refractivity contribution in [2.75, 3.05) is 5.75 Å². The predicted molar refractivity (Wildman–Crippen MR) is 52.3 cm³/mol. The van der Waals surface area contributed by atoms with Crippen molar-refractivity contribution in [3.63, 3.8) is 0 Å². The van der Waals surface area contributed by atoms with E-state index in [9.17, 15) is 17.4 Å². The molecule has 6 heteroatoms. The summed E-state index contributed by atoms with van der Waals surface area (Å²) in [5, 5.41) is 5.01. The van der Waals surface area contributed by atoms with Crippen molar-refractivity contribution in [2.45, 2.75) is 12.6 Å². The van der Waals surface area contributed by atoms with Gasteiger partial charge in [-0.25, -0.2) is 4.21 Å². The van der Waals surface area contributed by atoms with E-state index in [2.05, 4.69) is 0 Å². The fourth-order valence-corrected chi connectivity index (χ4v) is 1.56. The zero-order valence-corrected chi connectivity index (χ0v) is 8.57. The third kappa shape index (κ3) is 4.01. The molecule has 1 aromatic carbocycles. The zero-order chi connectivity index (χ0) is 11.5. The molecule has 1 aromatic rings. The van der Waals surface area contributed by atoms with Gasteiger partial charge in [0.05, 0.1) is 16.5 Å². The van der Waals surface area contributed by atoms with E-state index in [4.69, 9.17) is 5.14 Å². The maximum atomic E-state index is 12.3. The largest absolute Gasteiger partial charge is 0.416 e. The summed E-state index contributed by atoms with van der Waals surface area (Å²) in [4.78, 5) is 0. The van der Waals surface area contributed by atoms with E-state index < -0.39 is 22.7 Å². The number of aryl methyl sites for hydroxylation is 1. The maximum Gasteiger partial charge on any atom is 0.416 e. The zero-order valence-electron chi connectivity index (χ0n) is 7.75. The van der Waals surface area contributed by atoms with E-state index in [0.717, 1.165) is 12.1 Å². The molecule has 0 spiro atoms. The van der Waals surface area contributed by atoms with Gasteiger partial charge >= 0.3 is 6.18 Å². The molecule has 0 amide bonds. The minimum atomic E-state index is -4.34. The average molecular weight is 237 g/mol. The quantitative estimate of drug-likeness (QED) is 0.856. The molecule has 0 aliphatic heterocycles. The van der Waals surface area contributed by atoms with Crippen LogP contribution in [-0.2, 0) is 23.6 Å². The van der Waals surface area contributed by atoms with Crippen LogP contribution in [0.3, 0.4) is 0 Å². The molecule has 0 fully saturated rings. The highest BCUT2D eigenvalue weighted by Gasteiger charge is 2.30. The van der Waals surface area contributed by atoms with Gasteiger partial charge in [-0.3, -0.25) is 5.14 Å². The number of halogens is 3. The number of hydrogen-bond acceptors (Lipinski definition) is 1. The van der Waals surface area contributed by atoms with E-state index in [0.29, 0.717) is 5.56 Å². The summed E-state index contributed by atoms with van der Waals surface area (Å²) in [6, 6.07) is 4.94. The first kappa shape index (κ1) is 12.2. The molecule has 15 heavy (non-hydrogen) atoms. The van der Waals surface area contributed by atoms with Crippen molar-refractivity contribution in [3.05, 3.63) is 35.4 Å². The molecule has 84 valence electrons. The molecule has 0 aromatic heterocycles. The molecule has 0 aliphatic rings. The Bertz CT molecular complexity index is 365. The minimum absolute atomic E-state index is 0.168. The van der Waals surface area contributed by atoms with Gasteiger partial charge in [0.15, 0.2) is 0 Å². The molecular weight excluding hydrogens is 227 g/mol. The first-order chi connectivity index (χ1) is 6.89. The van der Waals surface area contributed by atoms with Crippen molar-refractivity contribution in [2.24, 2.45) is 5.14 Å². The van der Waals surface area contributed by atoms with E-state index in [1.807, 2.05) is 0 Å². The molecule has 1 atom stereocenters. The summed E-state index contributed by atoms with van der Waals surface area (Å²) in [7, 11) is -1.48. The molecule has 2 nitrogen and oxygen atoms in total. The second kappa shape index (κ2) is 4.76. The van der Waals surface area contributed by atoms with Gasteiger partial charge in [0, 0.05) is 5.75 Å². The van der Waals surface area contributed by atoms with Crippen LogP contribution in [0.5, 0.6) is 0 Å². The topological polar surface area (TPSA) is 43.1 Å². The molecule has 2 N–H and O–H groups in total. The van der Waals surface area contributed by atoms with Crippen LogP contribution in [0.2, 0.25) is 0 Å². The lowest BCUT2D eigenvalue weighted by atomic mass is 10.1. The van der Waals surface area contributed by atoms with Crippen LogP contribution < -0.4 is 5.14 Å². The second-order valence-corrected chi connectivity index (χ2v) is 4.20. The Labute approximate surface area is 87.9 Å². The van der Waals surface area contributed by atoms with Gasteiger partial charge in [0.2, 0.25) is 0 Å². The lowest BCUT2D eigenvalue weighted by molar-refractivity contribution is -0.137. The van der Waals surface area contributed by atoms with Crippen molar-refractivity contribution < 1.29 is 17.4 Å². The Kier molecular flexibility index (Phi) is 3.87. The summed E-state index contributed by atoms with van der Waals surface area (Å²) in [6.07, 6.45) is -4.05. The van der Waals surface area contributed by atoms with Crippen molar-refractivity contribution in [1.82, 2.24) is 0 Å². The fraction of sp³-hybridized carbons (Fsp3) is 0.333. The third-order valence-corrected chi connectivity index (χ3v) is 2.45. The Morgan fingerprint density at radius 3 is 2.53 bits per heavy atom. The summed E-state index contributed by atoms with van der Waals surface area (Å²) < 4.78 is 47.4. The van der Waals surface area contributed by atoms with Gasteiger partial charge in [-0.15, -0.1) is 0 Å². The summed E-state index contributed by atoms with van der Waals surface area (Å²) in [5.41, 5.74) is -0.202. The summed E-state index contributed by atoms with van der Waals surface area (Å²) in [6.45, 7) is 0. The number of alkyl halides is 3. The van der Waals surface area contributed by atoms with E-state index >= 15 is 0 Å². The van der Waals surface area contributed by atoms with Gasteiger partial charge in [0.1, 0.15) is 0 Å². The van der Waals surface area contributed by atoms with Gasteiger partial charge in [0.25, 0.3) is 0 Å². The van der Waals surface area contributed by atoms with Crippen LogP contribution >= 0.6 is 0 Å². The van der Waals surface area contributed by atoms with Gasteiger partial charge in [-0.05, 0) is 18.1 Å². The highest BCUT2D eigenvalue weighted by molar-refractivity contribution is 7.82. The number of benzene rings is 1. The number of nitrogens with two attached hydrogens (primary N) is 1. The molecule has 0 unspecified atom stereocenters. The molecular formula is C9H10F3NOS. The van der Waals surface area contributed by atoms with E-state index in [1.165, 1.54) is 6.07 Å². The number of rotatable bonds is 3.